The Bertz CT molecular complexity index is 446. The van der Waals surface area contributed by atoms with E-state index in [4.69, 9.17) is 0 Å². The zero-order chi connectivity index (χ0) is 19.1. The first-order valence-electron chi connectivity index (χ1n) is 9.85. The van der Waals surface area contributed by atoms with Crippen LogP contribution in [0.3, 0.4) is 0 Å². The highest BCUT2D eigenvalue weighted by molar-refractivity contribution is 5.67. The molecule has 3 nitrogen and oxygen atoms in total. The summed E-state index contributed by atoms with van der Waals surface area (Å²) in [5.74, 6) is -1.03. The van der Waals surface area contributed by atoms with Crippen molar-refractivity contribution in [3.63, 3.8) is 0 Å². The fourth-order valence-electron chi connectivity index (χ4n) is 2.61. The Labute approximate surface area is 155 Å². The number of aliphatic carboxylic acids is 1. The van der Waals surface area contributed by atoms with E-state index in [0.29, 0.717) is 5.54 Å². The number of hydrogen-bond donors (Lipinski definition) is 1. The monoisotopic (exact) mass is 349 g/mol. The fourth-order valence-corrected chi connectivity index (χ4v) is 2.61. The van der Waals surface area contributed by atoms with Gasteiger partial charge in [-0.2, -0.15) is 0 Å². The summed E-state index contributed by atoms with van der Waals surface area (Å²) in [6.45, 7) is 8.70. The quantitative estimate of drug-likeness (QED) is 0.617. The van der Waals surface area contributed by atoms with Crippen molar-refractivity contribution in [3.8, 4) is 0 Å². The van der Waals surface area contributed by atoms with Crippen molar-refractivity contribution in [2.75, 3.05) is 0 Å². The third-order valence-corrected chi connectivity index (χ3v) is 4.18. The first-order valence-corrected chi connectivity index (χ1v) is 9.85. The molecule has 1 rings (SSSR count). The number of quaternary nitrogens is 1. The van der Waals surface area contributed by atoms with Crippen LogP contribution >= 0.6 is 0 Å². The van der Waals surface area contributed by atoms with Gasteiger partial charge in [-0.15, -0.1) is 0 Å². The van der Waals surface area contributed by atoms with Crippen LogP contribution in [0.5, 0.6) is 0 Å². The van der Waals surface area contributed by atoms with E-state index in [1.165, 1.54) is 57.8 Å². The van der Waals surface area contributed by atoms with Gasteiger partial charge >= 0.3 is 0 Å². The van der Waals surface area contributed by atoms with E-state index in [1.807, 2.05) is 19.1 Å². The molecular weight excluding hydrogens is 310 g/mol. The number of rotatable bonds is 11. The molecule has 144 valence electrons. The second kappa shape index (κ2) is 13.9. The number of benzene rings is 1. The van der Waals surface area contributed by atoms with Gasteiger partial charge in [-0.1, -0.05) is 81.7 Å². The number of carbonyl (C=O) groups is 1. The molecule has 0 bridgehead atoms. The second-order valence-electron chi connectivity index (χ2n) is 7.92. The molecule has 0 aliphatic heterocycles. The van der Waals surface area contributed by atoms with Gasteiger partial charge in [-0.3, -0.25) is 0 Å². The third kappa shape index (κ3) is 17.3. The van der Waals surface area contributed by atoms with Crippen LogP contribution in [0.4, 0.5) is 0 Å². The molecule has 3 heteroatoms. The molecule has 0 aliphatic rings. The van der Waals surface area contributed by atoms with Gasteiger partial charge in [0.25, 0.3) is 0 Å². The average Bonchev–Trinajstić information content (AvgIpc) is 2.51. The van der Waals surface area contributed by atoms with E-state index in [0.717, 1.165) is 11.1 Å². The summed E-state index contributed by atoms with van der Waals surface area (Å²) in [5.41, 5.74) is 6.34. The lowest BCUT2D eigenvalue weighted by Gasteiger charge is -2.13. The summed E-state index contributed by atoms with van der Waals surface area (Å²) in [6, 6.07) is 7.37. The summed E-state index contributed by atoms with van der Waals surface area (Å²) in [7, 11) is 0. The van der Waals surface area contributed by atoms with Gasteiger partial charge in [0.1, 0.15) is 0 Å². The maximum Gasteiger partial charge on any atom is 0.0889 e. The van der Waals surface area contributed by atoms with Gasteiger partial charge in [0.05, 0.1) is 5.54 Å². The zero-order valence-corrected chi connectivity index (χ0v) is 16.9. The lowest BCUT2D eigenvalue weighted by molar-refractivity contribution is -0.467. The van der Waals surface area contributed by atoms with Crippen LogP contribution in [0.2, 0.25) is 0 Å². The predicted molar refractivity (Wildman–Crippen MR) is 104 cm³/mol. The molecule has 0 amide bonds. The van der Waals surface area contributed by atoms with E-state index in [-0.39, 0.29) is 6.42 Å². The SMILES string of the molecule is CCCCCCCCCCC(C)(C)[NH3+].Cc1ccc(CC(=O)[O-])cc1. The third-order valence-electron chi connectivity index (χ3n) is 4.18. The molecule has 0 saturated carbocycles. The van der Waals surface area contributed by atoms with Crippen LogP contribution in [0, 0.1) is 6.92 Å². The molecule has 0 radical (unpaired) electrons. The standard InChI is InChI=1S/C13H29N.C9H10O2/c1-4-5-6-7-8-9-10-11-12-13(2,3)14;1-7-2-4-8(5-3-7)6-9(10)11/h4-12,14H2,1-3H3;2-5H,6H2,1H3,(H,10,11). The van der Waals surface area contributed by atoms with Crippen molar-refractivity contribution in [2.45, 2.75) is 97.4 Å². The van der Waals surface area contributed by atoms with Gasteiger partial charge < -0.3 is 15.6 Å². The molecule has 0 aliphatic carbocycles. The summed E-state index contributed by atoms with van der Waals surface area (Å²) in [6.07, 6.45) is 12.6. The first-order chi connectivity index (χ1) is 11.7. The van der Waals surface area contributed by atoms with Crippen LogP contribution < -0.4 is 10.8 Å². The van der Waals surface area contributed by atoms with Crippen LogP contribution in [0.15, 0.2) is 24.3 Å². The number of carbonyl (C=O) groups excluding carboxylic acids is 1. The Kier molecular flexibility index (Phi) is 13.1. The highest BCUT2D eigenvalue weighted by Gasteiger charge is 2.12. The fraction of sp³-hybridized carbons (Fsp3) is 0.682. The predicted octanol–water partition coefficient (Wildman–Crippen LogP) is 3.83. The van der Waals surface area contributed by atoms with Gasteiger partial charge in [-0.25, -0.2) is 0 Å². The number of carboxylic acids is 1. The zero-order valence-electron chi connectivity index (χ0n) is 16.9. The molecule has 1 aromatic rings. The maximum absolute atomic E-state index is 10.1. The molecule has 25 heavy (non-hydrogen) atoms. The molecule has 0 aromatic heterocycles. The van der Waals surface area contributed by atoms with Crippen LogP contribution in [0.25, 0.3) is 0 Å². The molecular formula is C22H39NO2. The minimum absolute atomic E-state index is 0.000278. The summed E-state index contributed by atoms with van der Waals surface area (Å²) in [5, 5.41) is 10.1. The number of hydrogen-bond acceptors (Lipinski definition) is 2. The lowest BCUT2D eigenvalue weighted by atomic mass is 9.97. The lowest BCUT2D eigenvalue weighted by Crippen LogP contribution is -2.68. The minimum atomic E-state index is -1.03. The Morgan fingerprint density at radius 1 is 0.960 bits per heavy atom. The Morgan fingerprint density at radius 3 is 1.88 bits per heavy atom. The normalized spacial score (nSPS) is 10.9. The van der Waals surface area contributed by atoms with Crippen molar-refractivity contribution in [3.05, 3.63) is 35.4 Å². The maximum atomic E-state index is 10.1. The molecule has 0 fully saturated rings. The van der Waals surface area contributed by atoms with Crippen molar-refractivity contribution in [1.29, 1.82) is 0 Å². The van der Waals surface area contributed by atoms with Crippen LogP contribution in [0.1, 0.15) is 89.7 Å². The minimum Gasteiger partial charge on any atom is -0.550 e. The number of unbranched alkanes of at least 4 members (excludes halogenated alkanes) is 7. The summed E-state index contributed by atoms with van der Waals surface area (Å²) >= 11 is 0. The highest BCUT2D eigenvalue weighted by atomic mass is 16.4. The van der Waals surface area contributed by atoms with E-state index in [9.17, 15) is 9.90 Å². The van der Waals surface area contributed by atoms with E-state index in [2.05, 4.69) is 26.5 Å². The Hall–Kier alpha value is -1.35. The molecule has 0 saturated heterocycles. The number of carboxylic acid groups (broad SMARTS) is 1. The molecule has 0 atom stereocenters. The summed E-state index contributed by atoms with van der Waals surface area (Å²) in [4.78, 5) is 10.1. The topological polar surface area (TPSA) is 67.8 Å². The Morgan fingerprint density at radius 2 is 1.44 bits per heavy atom. The van der Waals surface area contributed by atoms with Gasteiger partial charge in [0.2, 0.25) is 0 Å². The smallest absolute Gasteiger partial charge is 0.0889 e. The van der Waals surface area contributed by atoms with Gasteiger partial charge in [0, 0.05) is 18.8 Å². The highest BCUT2D eigenvalue weighted by Crippen LogP contribution is 2.12. The largest absolute Gasteiger partial charge is 0.550 e. The van der Waals surface area contributed by atoms with Crippen molar-refractivity contribution in [2.24, 2.45) is 0 Å². The first kappa shape index (κ1) is 23.6. The Balaban J connectivity index is 0.000000472. The molecule has 0 spiro atoms. The van der Waals surface area contributed by atoms with Crippen LogP contribution in [-0.4, -0.2) is 11.5 Å². The molecule has 3 N–H and O–H groups in total. The van der Waals surface area contributed by atoms with E-state index in [1.54, 1.807) is 12.1 Å². The summed E-state index contributed by atoms with van der Waals surface area (Å²) < 4.78 is 0. The van der Waals surface area contributed by atoms with Gasteiger partial charge in [0.15, 0.2) is 0 Å². The molecule has 1 aromatic carbocycles. The van der Waals surface area contributed by atoms with Crippen molar-refractivity contribution < 1.29 is 15.6 Å². The van der Waals surface area contributed by atoms with Crippen molar-refractivity contribution >= 4 is 5.97 Å². The van der Waals surface area contributed by atoms with E-state index >= 15 is 0 Å². The van der Waals surface area contributed by atoms with E-state index < -0.39 is 5.97 Å². The molecule has 0 unspecified atom stereocenters. The van der Waals surface area contributed by atoms with Crippen molar-refractivity contribution in [1.82, 2.24) is 0 Å². The average molecular weight is 350 g/mol. The molecule has 0 heterocycles. The number of aryl methyl sites for hydroxylation is 1. The van der Waals surface area contributed by atoms with Gasteiger partial charge in [-0.05, 0) is 32.8 Å². The van der Waals surface area contributed by atoms with Crippen LogP contribution in [-0.2, 0) is 11.2 Å². The second-order valence-corrected chi connectivity index (χ2v) is 7.92.